The van der Waals surface area contributed by atoms with Crippen molar-refractivity contribution < 1.29 is 4.39 Å². The van der Waals surface area contributed by atoms with Gasteiger partial charge in [0.25, 0.3) is 0 Å². The van der Waals surface area contributed by atoms with Crippen LogP contribution in [-0.4, -0.2) is 32.1 Å². The summed E-state index contributed by atoms with van der Waals surface area (Å²) in [7, 11) is 3.92. The highest BCUT2D eigenvalue weighted by molar-refractivity contribution is 5.25. The number of nitrogens with one attached hydrogen (secondary N) is 1. The van der Waals surface area contributed by atoms with Crippen LogP contribution < -0.4 is 5.32 Å². The van der Waals surface area contributed by atoms with Gasteiger partial charge in [0.05, 0.1) is 0 Å². The SMILES string of the molecule is CN(C)Cc1ccc(CC2CCCNC2)cc1F. The Balaban J connectivity index is 1.99. The maximum atomic E-state index is 13.9. The summed E-state index contributed by atoms with van der Waals surface area (Å²) < 4.78 is 13.9. The minimum absolute atomic E-state index is 0.0648. The molecule has 2 nitrogen and oxygen atoms in total. The Bertz CT molecular complexity index is 384. The van der Waals surface area contributed by atoms with Crippen LogP contribution in [0.25, 0.3) is 0 Å². The third-order valence-electron chi connectivity index (χ3n) is 3.53. The van der Waals surface area contributed by atoms with Gasteiger partial charge >= 0.3 is 0 Å². The Morgan fingerprint density at radius 3 is 2.83 bits per heavy atom. The normalized spacial score (nSPS) is 20.3. The van der Waals surface area contributed by atoms with Crippen LogP contribution in [-0.2, 0) is 13.0 Å². The molecule has 100 valence electrons. The fraction of sp³-hybridized carbons (Fsp3) is 0.600. The summed E-state index contributed by atoms with van der Waals surface area (Å²) in [5, 5.41) is 3.41. The number of hydrogen-bond acceptors (Lipinski definition) is 2. The number of benzene rings is 1. The summed E-state index contributed by atoms with van der Waals surface area (Å²) in [6, 6.07) is 5.73. The molecule has 18 heavy (non-hydrogen) atoms. The van der Waals surface area contributed by atoms with E-state index in [1.165, 1.54) is 12.8 Å². The Hall–Kier alpha value is -0.930. The van der Waals surface area contributed by atoms with E-state index >= 15 is 0 Å². The Morgan fingerprint density at radius 1 is 1.39 bits per heavy atom. The molecule has 3 heteroatoms. The minimum atomic E-state index is -0.0648. The number of hydrogen-bond donors (Lipinski definition) is 1. The van der Waals surface area contributed by atoms with E-state index in [4.69, 9.17) is 0 Å². The van der Waals surface area contributed by atoms with Gasteiger partial charge in [-0.15, -0.1) is 0 Å². The van der Waals surface area contributed by atoms with E-state index < -0.39 is 0 Å². The van der Waals surface area contributed by atoms with Crippen molar-refractivity contribution in [2.24, 2.45) is 5.92 Å². The molecular weight excluding hydrogens is 227 g/mol. The molecule has 0 aliphatic carbocycles. The number of piperidine rings is 1. The fourth-order valence-electron chi connectivity index (χ4n) is 2.62. The van der Waals surface area contributed by atoms with Gasteiger partial charge in [-0.1, -0.05) is 12.1 Å². The van der Waals surface area contributed by atoms with Crippen molar-refractivity contribution in [1.82, 2.24) is 10.2 Å². The molecule has 0 bridgehead atoms. The van der Waals surface area contributed by atoms with Gasteiger partial charge < -0.3 is 10.2 Å². The summed E-state index contributed by atoms with van der Waals surface area (Å²) in [6.45, 7) is 2.87. The van der Waals surface area contributed by atoms with Crippen LogP contribution in [0.4, 0.5) is 4.39 Å². The number of rotatable bonds is 4. The van der Waals surface area contributed by atoms with Gasteiger partial charge in [-0.3, -0.25) is 0 Å². The van der Waals surface area contributed by atoms with E-state index in [1.807, 2.05) is 25.1 Å². The molecule has 1 aliphatic heterocycles. The summed E-state index contributed by atoms with van der Waals surface area (Å²) in [5.74, 6) is 0.600. The van der Waals surface area contributed by atoms with Gasteiger partial charge in [-0.25, -0.2) is 4.39 Å². The van der Waals surface area contributed by atoms with E-state index in [-0.39, 0.29) is 5.82 Å². The summed E-state index contributed by atoms with van der Waals surface area (Å²) in [4.78, 5) is 1.99. The van der Waals surface area contributed by atoms with Crippen LogP contribution in [0.15, 0.2) is 18.2 Å². The first-order valence-corrected chi connectivity index (χ1v) is 6.78. The van der Waals surface area contributed by atoms with Crippen molar-refractivity contribution >= 4 is 0 Å². The molecule has 1 atom stereocenters. The lowest BCUT2D eigenvalue weighted by Gasteiger charge is -2.23. The highest BCUT2D eigenvalue weighted by Crippen LogP contribution is 2.19. The van der Waals surface area contributed by atoms with Crippen LogP contribution in [0.2, 0.25) is 0 Å². The quantitative estimate of drug-likeness (QED) is 0.883. The topological polar surface area (TPSA) is 15.3 Å². The molecule has 2 rings (SSSR count). The van der Waals surface area contributed by atoms with Gasteiger partial charge in [0, 0.05) is 12.1 Å². The van der Waals surface area contributed by atoms with Gasteiger partial charge in [0.15, 0.2) is 0 Å². The molecule has 1 saturated heterocycles. The smallest absolute Gasteiger partial charge is 0.127 e. The predicted molar refractivity (Wildman–Crippen MR) is 73.1 cm³/mol. The van der Waals surface area contributed by atoms with Crippen molar-refractivity contribution in [2.75, 3.05) is 27.2 Å². The molecule has 1 N–H and O–H groups in total. The molecular formula is C15H23FN2. The maximum absolute atomic E-state index is 13.9. The molecule has 0 spiro atoms. The molecule has 0 radical (unpaired) electrons. The molecule has 0 amide bonds. The van der Waals surface area contributed by atoms with E-state index in [1.54, 1.807) is 6.07 Å². The highest BCUT2D eigenvalue weighted by atomic mass is 19.1. The second-order valence-corrected chi connectivity index (χ2v) is 5.58. The first-order valence-electron chi connectivity index (χ1n) is 6.78. The lowest BCUT2D eigenvalue weighted by atomic mass is 9.92. The lowest BCUT2D eigenvalue weighted by Crippen LogP contribution is -2.30. The molecule has 1 aliphatic rings. The third kappa shape index (κ3) is 3.79. The molecule has 1 fully saturated rings. The minimum Gasteiger partial charge on any atom is -0.316 e. The Morgan fingerprint density at radius 2 is 2.22 bits per heavy atom. The molecule has 0 aromatic heterocycles. The van der Waals surface area contributed by atoms with Crippen LogP contribution in [0.5, 0.6) is 0 Å². The highest BCUT2D eigenvalue weighted by Gasteiger charge is 2.14. The Kier molecular flexibility index (Phi) is 4.72. The first-order chi connectivity index (χ1) is 8.65. The lowest BCUT2D eigenvalue weighted by molar-refractivity contribution is 0.374. The average molecular weight is 250 g/mol. The largest absolute Gasteiger partial charge is 0.316 e. The van der Waals surface area contributed by atoms with Gasteiger partial charge in [-0.2, -0.15) is 0 Å². The first kappa shape index (κ1) is 13.5. The van der Waals surface area contributed by atoms with Gasteiger partial charge in [0.1, 0.15) is 5.82 Å². The van der Waals surface area contributed by atoms with Crippen LogP contribution in [0.3, 0.4) is 0 Å². The summed E-state index contributed by atoms with van der Waals surface area (Å²) >= 11 is 0. The number of halogens is 1. The van der Waals surface area contributed by atoms with Crippen molar-refractivity contribution in [3.05, 3.63) is 35.1 Å². The standard InChI is InChI=1S/C15H23FN2/c1-18(2)11-14-6-5-12(9-15(14)16)8-13-4-3-7-17-10-13/h5-6,9,13,17H,3-4,7-8,10-11H2,1-2H3. The van der Waals surface area contributed by atoms with E-state index in [0.29, 0.717) is 12.5 Å². The summed E-state index contributed by atoms with van der Waals surface area (Å²) in [6.07, 6.45) is 3.49. The Labute approximate surface area is 109 Å². The molecule has 0 saturated carbocycles. The van der Waals surface area contributed by atoms with E-state index in [0.717, 1.165) is 30.6 Å². The van der Waals surface area contributed by atoms with E-state index in [2.05, 4.69) is 11.4 Å². The van der Waals surface area contributed by atoms with Crippen LogP contribution in [0.1, 0.15) is 24.0 Å². The molecule has 1 heterocycles. The number of nitrogens with zero attached hydrogens (tertiary/aromatic N) is 1. The van der Waals surface area contributed by atoms with Crippen LogP contribution in [0, 0.1) is 11.7 Å². The van der Waals surface area contributed by atoms with Crippen molar-refractivity contribution in [1.29, 1.82) is 0 Å². The monoisotopic (exact) mass is 250 g/mol. The molecule has 1 aromatic carbocycles. The maximum Gasteiger partial charge on any atom is 0.127 e. The summed E-state index contributed by atoms with van der Waals surface area (Å²) in [5.41, 5.74) is 1.91. The zero-order chi connectivity index (χ0) is 13.0. The van der Waals surface area contributed by atoms with Crippen molar-refractivity contribution in [2.45, 2.75) is 25.8 Å². The average Bonchev–Trinajstić information content (AvgIpc) is 2.33. The zero-order valence-corrected chi connectivity index (χ0v) is 11.4. The van der Waals surface area contributed by atoms with Gasteiger partial charge in [-0.05, 0) is 64.0 Å². The zero-order valence-electron chi connectivity index (χ0n) is 11.4. The second kappa shape index (κ2) is 6.30. The van der Waals surface area contributed by atoms with Crippen molar-refractivity contribution in [3.63, 3.8) is 0 Å². The fourth-order valence-corrected chi connectivity index (χ4v) is 2.62. The van der Waals surface area contributed by atoms with E-state index in [9.17, 15) is 4.39 Å². The third-order valence-corrected chi connectivity index (χ3v) is 3.53. The van der Waals surface area contributed by atoms with Crippen LogP contribution >= 0.6 is 0 Å². The van der Waals surface area contributed by atoms with Gasteiger partial charge in [0.2, 0.25) is 0 Å². The molecule has 1 aromatic rings. The molecule has 1 unspecified atom stereocenters. The predicted octanol–water partition coefficient (Wildman–Crippen LogP) is 2.43. The second-order valence-electron chi connectivity index (χ2n) is 5.58. The van der Waals surface area contributed by atoms with Crippen molar-refractivity contribution in [3.8, 4) is 0 Å².